The number of nitrogens with one attached hydrogen (secondary N) is 2. The van der Waals surface area contributed by atoms with E-state index in [0.29, 0.717) is 16.4 Å². The molecule has 0 saturated heterocycles. The van der Waals surface area contributed by atoms with Gasteiger partial charge in [-0.15, -0.1) is 0 Å². The first-order chi connectivity index (χ1) is 8.54. The van der Waals surface area contributed by atoms with Crippen LogP contribution in [0.3, 0.4) is 0 Å². The highest BCUT2D eigenvalue weighted by molar-refractivity contribution is 7.99. The van der Waals surface area contributed by atoms with Crippen molar-refractivity contribution in [3.05, 3.63) is 51.9 Å². The van der Waals surface area contributed by atoms with Crippen LogP contribution in [0.5, 0.6) is 0 Å². The molecule has 0 radical (unpaired) electrons. The zero-order chi connectivity index (χ0) is 13.1. The average molecular weight is 260 g/mol. The molecule has 1 aromatic heterocycles. The van der Waals surface area contributed by atoms with Gasteiger partial charge in [-0.2, -0.15) is 0 Å². The molecule has 0 saturated carbocycles. The van der Waals surface area contributed by atoms with Crippen LogP contribution in [-0.4, -0.2) is 15.8 Å². The van der Waals surface area contributed by atoms with Crippen molar-refractivity contribution in [3.63, 3.8) is 0 Å². The summed E-state index contributed by atoms with van der Waals surface area (Å²) in [5, 5.41) is 7.85. The monoisotopic (exact) mass is 260 g/mol. The number of aryl methyl sites for hydroxylation is 1. The lowest BCUT2D eigenvalue weighted by atomic mass is 10.2. The van der Waals surface area contributed by atoms with Crippen LogP contribution >= 0.6 is 11.8 Å². The minimum atomic E-state index is -0.162. The Morgan fingerprint density at radius 3 is 2.61 bits per heavy atom. The van der Waals surface area contributed by atoms with E-state index in [-0.39, 0.29) is 11.4 Å². The molecule has 0 unspecified atom stereocenters. The van der Waals surface area contributed by atoms with Crippen molar-refractivity contribution in [2.45, 2.75) is 17.0 Å². The lowest BCUT2D eigenvalue weighted by Crippen LogP contribution is -2.10. The van der Waals surface area contributed by atoms with E-state index in [1.807, 2.05) is 12.1 Å². The Morgan fingerprint density at radius 1 is 1.39 bits per heavy atom. The van der Waals surface area contributed by atoms with Crippen molar-refractivity contribution in [1.29, 1.82) is 5.41 Å². The van der Waals surface area contributed by atoms with Crippen LogP contribution in [-0.2, 0) is 0 Å². The molecule has 1 aromatic carbocycles. The number of benzene rings is 1. The van der Waals surface area contributed by atoms with Crippen LogP contribution in [0.25, 0.3) is 0 Å². The summed E-state index contributed by atoms with van der Waals surface area (Å²) in [6, 6.07) is 8.65. The first-order valence-electron chi connectivity index (χ1n) is 5.25. The Hall–Kier alpha value is -2.08. The van der Waals surface area contributed by atoms with Gasteiger partial charge in [-0.1, -0.05) is 23.9 Å². The van der Waals surface area contributed by atoms with Gasteiger partial charge in [-0.3, -0.25) is 10.2 Å². The van der Waals surface area contributed by atoms with Gasteiger partial charge < -0.3 is 10.7 Å². The van der Waals surface area contributed by atoms with Crippen molar-refractivity contribution in [2.75, 3.05) is 0 Å². The molecule has 0 aliphatic rings. The second-order valence-electron chi connectivity index (χ2n) is 3.73. The molecule has 6 heteroatoms. The molecular formula is C12H12N4OS. The van der Waals surface area contributed by atoms with Gasteiger partial charge in [-0.05, 0) is 19.1 Å². The predicted octanol–water partition coefficient (Wildman–Crippen LogP) is 1.51. The third-order valence-electron chi connectivity index (χ3n) is 2.23. The van der Waals surface area contributed by atoms with Gasteiger partial charge in [0.15, 0.2) is 5.16 Å². The molecule has 0 amide bonds. The fourth-order valence-electron chi connectivity index (χ4n) is 1.41. The van der Waals surface area contributed by atoms with Crippen molar-refractivity contribution in [3.8, 4) is 0 Å². The molecule has 4 N–H and O–H groups in total. The number of nitrogens with zero attached hydrogens (tertiary/aromatic N) is 1. The minimum absolute atomic E-state index is 0.0358. The van der Waals surface area contributed by atoms with Crippen molar-refractivity contribution < 1.29 is 0 Å². The zero-order valence-electron chi connectivity index (χ0n) is 9.73. The number of nitrogens with two attached hydrogens (primary N) is 1. The molecule has 1 heterocycles. The molecule has 92 valence electrons. The smallest absolute Gasteiger partial charge is 0.251 e. The summed E-state index contributed by atoms with van der Waals surface area (Å²) in [5.74, 6) is 0.0358. The molecule has 2 aromatic rings. The van der Waals surface area contributed by atoms with E-state index in [0.717, 1.165) is 4.90 Å². The SMILES string of the molecule is Cc1cc(=O)[nH]c(Sc2ccc(C(=N)N)cc2)n1. The Labute approximate surface area is 108 Å². The Morgan fingerprint density at radius 2 is 2.06 bits per heavy atom. The average Bonchev–Trinajstić information content (AvgIpc) is 2.28. The number of amidine groups is 1. The summed E-state index contributed by atoms with van der Waals surface area (Å²) >= 11 is 1.36. The van der Waals surface area contributed by atoms with E-state index in [1.54, 1.807) is 19.1 Å². The van der Waals surface area contributed by atoms with Gasteiger partial charge in [0.2, 0.25) is 0 Å². The number of rotatable bonds is 3. The number of nitrogen functional groups attached to an aromatic ring is 1. The van der Waals surface area contributed by atoms with Crippen LogP contribution in [0.4, 0.5) is 0 Å². The summed E-state index contributed by atoms with van der Waals surface area (Å²) in [7, 11) is 0. The predicted molar refractivity (Wildman–Crippen MR) is 71.2 cm³/mol. The fourth-order valence-corrected chi connectivity index (χ4v) is 2.25. The summed E-state index contributed by atoms with van der Waals surface area (Å²) in [6.07, 6.45) is 0. The third kappa shape index (κ3) is 2.98. The molecule has 5 nitrogen and oxygen atoms in total. The molecule has 2 rings (SSSR count). The quantitative estimate of drug-likeness (QED) is 0.443. The Bertz CT molecular complexity index is 633. The van der Waals surface area contributed by atoms with E-state index in [9.17, 15) is 4.79 Å². The van der Waals surface area contributed by atoms with Crippen LogP contribution < -0.4 is 11.3 Å². The molecular weight excluding hydrogens is 248 g/mol. The minimum Gasteiger partial charge on any atom is -0.384 e. The Kier molecular flexibility index (Phi) is 3.47. The first-order valence-corrected chi connectivity index (χ1v) is 6.06. The van der Waals surface area contributed by atoms with Gasteiger partial charge in [0.25, 0.3) is 5.56 Å². The summed E-state index contributed by atoms with van der Waals surface area (Å²) in [6.45, 7) is 1.78. The second kappa shape index (κ2) is 5.05. The lowest BCUT2D eigenvalue weighted by molar-refractivity contribution is 0.905. The summed E-state index contributed by atoms with van der Waals surface area (Å²) in [4.78, 5) is 19.1. The second-order valence-corrected chi connectivity index (χ2v) is 4.79. The molecule has 0 spiro atoms. The molecule has 0 aliphatic heterocycles. The molecule has 18 heavy (non-hydrogen) atoms. The van der Waals surface area contributed by atoms with E-state index in [2.05, 4.69) is 9.97 Å². The van der Waals surface area contributed by atoms with E-state index < -0.39 is 0 Å². The van der Waals surface area contributed by atoms with Crippen LogP contribution in [0.2, 0.25) is 0 Å². The normalized spacial score (nSPS) is 10.3. The van der Waals surface area contributed by atoms with Crippen LogP contribution in [0.1, 0.15) is 11.3 Å². The maximum atomic E-state index is 11.3. The first kappa shape index (κ1) is 12.4. The maximum absolute atomic E-state index is 11.3. The fraction of sp³-hybridized carbons (Fsp3) is 0.0833. The third-order valence-corrected chi connectivity index (χ3v) is 3.12. The van der Waals surface area contributed by atoms with Gasteiger partial charge in [0.05, 0.1) is 0 Å². The number of hydrogen-bond acceptors (Lipinski definition) is 4. The molecule has 0 aliphatic carbocycles. The number of H-pyrrole nitrogens is 1. The van der Waals surface area contributed by atoms with Crippen LogP contribution in [0.15, 0.2) is 45.2 Å². The van der Waals surface area contributed by atoms with E-state index in [1.165, 1.54) is 17.8 Å². The zero-order valence-corrected chi connectivity index (χ0v) is 10.5. The number of aromatic amines is 1. The molecule has 0 bridgehead atoms. The van der Waals surface area contributed by atoms with E-state index in [4.69, 9.17) is 11.1 Å². The Balaban J connectivity index is 2.23. The number of hydrogen-bond donors (Lipinski definition) is 3. The van der Waals surface area contributed by atoms with Gasteiger partial charge in [-0.25, -0.2) is 4.98 Å². The standard InChI is InChI=1S/C12H12N4OS/c1-7-6-10(17)16-12(15-7)18-9-4-2-8(3-5-9)11(13)14/h2-6H,1H3,(H3,13,14)(H,15,16,17). The van der Waals surface area contributed by atoms with Crippen molar-refractivity contribution >= 4 is 17.6 Å². The number of aromatic nitrogens is 2. The highest BCUT2D eigenvalue weighted by Gasteiger charge is 2.02. The highest BCUT2D eigenvalue weighted by Crippen LogP contribution is 2.23. The van der Waals surface area contributed by atoms with Gasteiger partial charge in [0.1, 0.15) is 5.84 Å². The van der Waals surface area contributed by atoms with Crippen molar-refractivity contribution in [1.82, 2.24) is 9.97 Å². The molecule has 0 atom stereocenters. The topological polar surface area (TPSA) is 95.6 Å². The molecule has 0 fully saturated rings. The largest absolute Gasteiger partial charge is 0.384 e. The van der Waals surface area contributed by atoms with E-state index >= 15 is 0 Å². The summed E-state index contributed by atoms with van der Waals surface area (Å²) in [5.41, 5.74) is 6.56. The van der Waals surface area contributed by atoms with Gasteiger partial charge >= 0.3 is 0 Å². The lowest BCUT2D eigenvalue weighted by Gasteiger charge is -2.03. The van der Waals surface area contributed by atoms with Crippen molar-refractivity contribution in [2.24, 2.45) is 5.73 Å². The highest BCUT2D eigenvalue weighted by atomic mass is 32.2. The summed E-state index contributed by atoms with van der Waals surface area (Å²) < 4.78 is 0. The van der Waals surface area contributed by atoms with Crippen LogP contribution in [0, 0.1) is 12.3 Å². The van der Waals surface area contributed by atoms with Gasteiger partial charge in [0, 0.05) is 22.2 Å². The maximum Gasteiger partial charge on any atom is 0.251 e.